The van der Waals surface area contributed by atoms with Crippen LogP contribution >= 0.6 is 0 Å². The monoisotopic (exact) mass is 322 g/mol. The average molecular weight is 322 g/mol. The summed E-state index contributed by atoms with van der Waals surface area (Å²) in [7, 11) is 0. The van der Waals surface area contributed by atoms with Gasteiger partial charge < -0.3 is 10.1 Å². The molecule has 1 N–H and O–H groups in total. The highest BCUT2D eigenvalue weighted by Gasteiger charge is 2.10. The van der Waals surface area contributed by atoms with Crippen molar-refractivity contribution in [3.63, 3.8) is 0 Å². The first-order chi connectivity index (χ1) is 11.8. The topological polar surface area (TPSA) is 69.0 Å². The molecule has 0 unspecified atom stereocenters. The lowest BCUT2D eigenvalue weighted by atomic mass is 10.2. The predicted octanol–water partition coefficient (Wildman–Crippen LogP) is 2.60. The summed E-state index contributed by atoms with van der Waals surface area (Å²) in [5.41, 5.74) is 1.50. The highest BCUT2D eigenvalue weighted by molar-refractivity contribution is 5.94. The molecule has 1 heterocycles. The van der Waals surface area contributed by atoms with Crippen LogP contribution < -0.4 is 10.1 Å². The second kappa shape index (κ2) is 7.41. The predicted molar refractivity (Wildman–Crippen MR) is 90.1 cm³/mol. The molecule has 1 amide bonds. The van der Waals surface area contributed by atoms with E-state index >= 15 is 0 Å². The van der Waals surface area contributed by atoms with Crippen molar-refractivity contribution >= 4 is 5.91 Å². The molecule has 0 bridgehead atoms. The van der Waals surface area contributed by atoms with E-state index in [0.29, 0.717) is 23.7 Å². The van der Waals surface area contributed by atoms with Crippen LogP contribution in [0.1, 0.15) is 23.1 Å². The fraction of sp³-hybridized carbons (Fsp3) is 0.167. The number of carbonyl (C=O) groups is 1. The first-order valence-corrected chi connectivity index (χ1v) is 7.73. The van der Waals surface area contributed by atoms with Crippen molar-refractivity contribution in [1.29, 1.82) is 0 Å². The van der Waals surface area contributed by atoms with Crippen molar-refractivity contribution < 1.29 is 9.53 Å². The van der Waals surface area contributed by atoms with E-state index in [-0.39, 0.29) is 12.5 Å². The second-order valence-corrected chi connectivity index (χ2v) is 5.10. The molecule has 2 aromatic carbocycles. The molecule has 24 heavy (non-hydrogen) atoms. The molecule has 3 rings (SSSR count). The van der Waals surface area contributed by atoms with E-state index in [1.54, 1.807) is 24.5 Å². The number of amides is 1. The Hall–Kier alpha value is -3.15. The number of ether oxygens (including phenoxy) is 1. The Morgan fingerprint density at radius 3 is 2.79 bits per heavy atom. The summed E-state index contributed by atoms with van der Waals surface area (Å²) in [6.45, 7) is 2.75. The molecule has 0 aliphatic rings. The number of hydrogen-bond acceptors (Lipinski definition) is 4. The maximum Gasteiger partial charge on any atom is 0.251 e. The van der Waals surface area contributed by atoms with E-state index in [0.717, 1.165) is 5.69 Å². The molecule has 0 fully saturated rings. The number of nitrogens with one attached hydrogen (secondary N) is 1. The summed E-state index contributed by atoms with van der Waals surface area (Å²) in [5.74, 6) is 1.16. The third kappa shape index (κ3) is 3.60. The Morgan fingerprint density at radius 1 is 1.17 bits per heavy atom. The number of aromatic nitrogens is 3. The zero-order valence-electron chi connectivity index (χ0n) is 13.3. The van der Waals surface area contributed by atoms with E-state index < -0.39 is 0 Å². The van der Waals surface area contributed by atoms with Gasteiger partial charge >= 0.3 is 0 Å². The molecule has 0 aliphatic carbocycles. The van der Waals surface area contributed by atoms with Gasteiger partial charge in [-0.25, -0.2) is 0 Å². The minimum atomic E-state index is -0.181. The molecule has 6 heteroatoms. The van der Waals surface area contributed by atoms with E-state index in [2.05, 4.69) is 15.5 Å². The normalized spacial score (nSPS) is 10.4. The lowest BCUT2D eigenvalue weighted by Gasteiger charge is -2.09. The molecule has 1 aromatic heterocycles. The molecule has 122 valence electrons. The lowest BCUT2D eigenvalue weighted by molar-refractivity contribution is 0.0949. The minimum absolute atomic E-state index is 0.181. The Kier molecular flexibility index (Phi) is 4.86. The third-order valence-electron chi connectivity index (χ3n) is 3.47. The van der Waals surface area contributed by atoms with Crippen LogP contribution in [0.2, 0.25) is 0 Å². The van der Waals surface area contributed by atoms with Gasteiger partial charge in [0.15, 0.2) is 5.82 Å². The maximum absolute atomic E-state index is 12.3. The van der Waals surface area contributed by atoms with Crippen LogP contribution in [0.25, 0.3) is 5.69 Å². The van der Waals surface area contributed by atoms with Crippen molar-refractivity contribution in [3.05, 3.63) is 72.3 Å². The van der Waals surface area contributed by atoms with Gasteiger partial charge in [0.05, 0.1) is 13.2 Å². The summed E-state index contributed by atoms with van der Waals surface area (Å²) in [4.78, 5) is 12.3. The third-order valence-corrected chi connectivity index (χ3v) is 3.47. The first-order valence-electron chi connectivity index (χ1n) is 7.73. The smallest absolute Gasteiger partial charge is 0.251 e. The van der Waals surface area contributed by atoms with Crippen LogP contribution in [0.15, 0.2) is 60.9 Å². The number of para-hydroxylation sites is 1. The SMILES string of the molecule is CCOc1cccc(C(=O)NCc2nncn2-c2ccccc2)c1. The summed E-state index contributed by atoms with van der Waals surface area (Å²) < 4.78 is 7.26. The zero-order valence-corrected chi connectivity index (χ0v) is 13.3. The molecule has 0 atom stereocenters. The van der Waals surface area contributed by atoms with E-state index in [4.69, 9.17) is 4.74 Å². The molecule has 0 spiro atoms. The molecular formula is C18H18N4O2. The summed E-state index contributed by atoms with van der Waals surface area (Å²) in [6.07, 6.45) is 1.63. The maximum atomic E-state index is 12.3. The van der Waals surface area contributed by atoms with E-state index in [1.165, 1.54) is 0 Å². The molecule has 0 radical (unpaired) electrons. The minimum Gasteiger partial charge on any atom is -0.494 e. The van der Waals surface area contributed by atoms with Gasteiger partial charge in [-0.15, -0.1) is 10.2 Å². The van der Waals surface area contributed by atoms with Gasteiger partial charge in [-0.1, -0.05) is 24.3 Å². The Morgan fingerprint density at radius 2 is 2.00 bits per heavy atom. The Bertz CT molecular complexity index is 815. The number of rotatable bonds is 6. The largest absolute Gasteiger partial charge is 0.494 e. The van der Waals surface area contributed by atoms with Gasteiger partial charge in [-0.05, 0) is 37.3 Å². The van der Waals surface area contributed by atoms with Crippen molar-refractivity contribution in [2.45, 2.75) is 13.5 Å². The number of carbonyl (C=O) groups excluding carboxylic acids is 1. The second-order valence-electron chi connectivity index (χ2n) is 5.10. The van der Waals surface area contributed by atoms with Gasteiger partial charge in [0.2, 0.25) is 0 Å². The van der Waals surface area contributed by atoms with Gasteiger partial charge in [0, 0.05) is 11.3 Å². The Balaban J connectivity index is 1.69. The summed E-state index contributed by atoms with van der Waals surface area (Å²) >= 11 is 0. The van der Waals surface area contributed by atoms with Crippen molar-refractivity contribution in [2.24, 2.45) is 0 Å². The van der Waals surface area contributed by atoms with E-state index in [1.807, 2.05) is 47.9 Å². The standard InChI is InChI=1S/C18H18N4O2/c1-2-24-16-10-6-7-14(11-16)18(23)19-12-17-21-20-13-22(17)15-8-4-3-5-9-15/h3-11,13H,2,12H2,1H3,(H,19,23). The Labute approximate surface area is 140 Å². The van der Waals surface area contributed by atoms with Crippen molar-refractivity contribution in [2.75, 3.05) is 6.61 Å². The molecule has 3 aromatic rings. The zero-order chi connectivity index (χ0) is 16.8. The van der Waals surface area contributed by atoms with Crippen LogP contribution in [0.5, 0.6) is 5.75 Å². The van der Waals surface area contributed by atoms with Crippen molar-refractivity contribution in [3.8, 4) is 11.4 Å². The van der Waals surface area contributed by atoms with Crippen LogP contribution in [0, 0.1) is 0 Å². The highest BCUT2D eigenvalue weighted by atomic mass is 16.5. The van der Waals surface area contributed by atoms with Gasteiger partial charge in [-0.3, -0.25) is 9.36 Å². The average Bonchev–Trinajstić information content (AvgIpc) is 3.09. The van der Waals surface area contributed by atoms with Crippen LogP contribution in [0.4, 0.5) is 0 Å². The van der Waals surface area contributed by atoms with Crippen LogP contribution in [-0.4, -0.2) is 27.3 Å². The molecular weight excluding hydrogens is 304 g/mol. The fourth-order valence-corrected chi connectivity index (χ4v) is 2.34. The lowest BCUT2D eigenvalue weighted by Crippen LogP contribution is -2.24. The van der Waals surface area contributed by atoms with Crippen LogP contribution in [0.3, 0.4) is 0 Å². The molecule has 0 saturated heterocycles. The van der Waals surface area contributed by atoms with Gasteiger partial charge in [-0.2, -0.15) is 0 Å². The summed E-state index contributed by atoms with van der Waals surface area (Å²) in [5, 5.41) is 10.9. The van der Waals surface area contributed by atoms with E-state index in [9.17, 15) is 4.79 Å². The van der Waals surface area contributed by atoms with Gasteiger partial charge in [0.1, 0.15) is 12.1 Å². The number of hydrogen-bond donors (Lipinski definition) is 1. The molecule has 0 saturated carbocycles. The fourth-order valence-electron chi connectivity index (χ4n) is 2.34. The highest BCUT2D eigenvalue weighted by Crippen LogP contribution is 2.13. The number of benzene rings is 2. The van der Waals surface area contributed by atoms with Crippen molar-refractivity contribution in [1.82, 2.24) is 20.1 Å². The van der Waals surface area contributed by atoms with Gasteiger partial charge in [0.25, 0.3) is 5.91 Å². The quantitative estimate of drug-likeness (QED) is 0.757. The summed E-state index contributed by atoms with van der Waals surface area (Å²) in [6, 6.07) is 16.8. The van der Waals surface area contributed by atoms with Crippen LogP contribution in [-0.2, 0) is 6.54 Å². The first kappa shape index (κ1) is 15.7. The number of nitrogens with zero attached hydrogens (tertiary/aromatic N) is 3. The molecule has 0 aliphatic heterocycles. The molecule has 6 nitrogen and oxygen atoms in total.